The van der Waals surface area contributed by atoms with Crippen LogP contribution in [0, 0.1) is 19.1 Å². The van der Waals surface area contributed by atoms with E-state index in [0.717, 1.165) is 57.4 Å². The zero-order valence-corrected chi connectivity index (χ0v) is 28.1. The molecule has 3 aromatic heterocycles. The number of aromatic nitrogens is 4. The summed E-state index contributed by atoms with van der Waals surface area (Å²) in [5.74, 6) is 2.36. The summed E-state index contributed by atoms with van der Waals surface area (Å²) < 4.78 is 10.7. The van der Waals surface area contributed by atoms with Gasteiger partial charge >= 0.3 is 21.1 Å². The second kappa shape index (κ2) is 12.9. The van der Waals surface area contributed by atoms with Gasteiger partial charge in [-0.3, -0.25) is 4.68 Å². The molecule has 226 valence electrons. The maximum absolute atomic E-state index is 6.44. The van der Waals surface area contributed by atoms with Crippen molar-refractivity contribution >= 4 is 21.8 Å². The topological polar surface area (TPSA) is 44.9 Å². The van der Waals surface area contributed by atoms with Gasteiger partial charge in [-0.25, -0.2) is 4.98 Å². The van der Waals surface area contributed by atoms with E-state index < -0.39 is 0 Å². The first-order valence-corrected chi connectivity index (χ1v) is 15.3. The molecule has 0 spiro atoms. The molecule has 4 aromatic carbocycles. The predicted molar refractivity (Wildman–Crippen MR) is 178 cm³/mol. The molecule has 0 saturated carbocycles. The van der Waals surface area contributed by atoms with E-state index in [-0.39, 0.29) is 27.0 Å². The molecule has 0 saturated heterocycles. The van der Waals surface area contributed by atoms with E-state index in [9.17, 15) is 0 Å². The predicted octanol–water partition coefficient (Wildman–Crippen LogP) is 9.81. The van der Waals surface area contributed by atoms with Crippen molar-refractivity contribution in [2.45, 2.75) is 46.5 Å². The van der Waals surface area contributed by atoms with Crippen molar-refractivity contribution in [3.8, 4) is 34.1 Å². The Bertz CT molecular complexity index is 2110. The van der Waals surface area contributed by atoms with E-state index in [4.69, 9.17) is 14.8 Å². The largest absolute Gasteiger partial charge is 2.00 e. The standard InChI is InChI=1S/C39H34N4O.Pt/c1-5-12-35-38(28-13-7-6-8-14-28)39(26(2)3)41-43(35)29-15-11-16-30(24-29)44-31-19-20-33-32-17-9-10-18-34(32)42(36(33)25-31)37-23-27(4)21-22-40-37;/h6-11,13-23,26H,5,12H2,1-4H3;/q-2;+2. The van der Waals surface area contributed by atoms with Gasteiger partial charge in [0, 0.05) is 34.5 Å². The number of aryl methyl sites for hydroxylation is 1. The van der Waals surface area contributed by atoms with Crippen LogP contribution in [0.3, 0.4) is 0 Å². The van der Waals surface area contributed by atoms with E-state index in [1.165, 1.54) is 16.8 Å². The van der Waals surface area contributed by atoms with Crippen LogP contribution in [0.2, 0.25) is 0 Å². The maximum atomic E-state index is 6.44. The molecular formula is C39H34N4OPt. The summed E-state index contributed by atoms with van der Waals surface area (Å²) >= 11 is 0. The second-order valence-corrected chi connectivity index (χ2v) is 11.5. The van der Waals surface area contributed by atoms with Crippen molar-refractivity contribution in [1.29, 1.82) is 0 Å². The molecule has 6 heteroatoms. The number of para-hydroxylation sites is 1. The molecule has 0 radical (unpaired) electrons. The number of nitrogens with zero attached hydrogens (tertiary/aromatic N) is 4. The SMILES string of the molecule is CCCc1c(-c2ccccc2)c(C(C)C)nn1-c1[c-]c(Oc2[c-]c3c(cc2)c2ccccc2n3-c2cc(C)ccn2)ccc1.[Pt+2]. The van der Waals surface area contributed by atoms with Crippen molar-refractivity contribution < 1.29 is 25.8 Å². The molecule has 0 unspecified atom stereocenters. The minimum Gasteiger partial charge on any atom is -0.509 e. The molecular weight excluding hydrogens is 736 g/mol. The van der Waals surface area contributed by atoms with Crippen LogP contribution in [-0.4, -0.2) is 19.3 Å². The number of hydrogen-bond acceptors (Lipinski definition) is 3. The number of rotatable bonds is 8. The van der Waals surface area contributed by atoms with E-state index in [1.807, 2.05) is 36.5 Å². The van der Waals surface area contributed by atoms with Gasteiger partial charge in [-0.05, 0) is 59.7 Å². The Kier molecular flexibility index (Phi) is 8.74. The summed E-state index contributed by atoms with van der Waals surface area (Å²) in [6.07, 6.45) is 3.77. The van der Waals surface area contributed by atoms with Crippen molar-refractivity contribution in [1.82, 2.24) is 19.3 Å². The molecule has 7 rings (SSSR count). The molecule has 0 fully saturated rings. The molecule has 0 aliphatic rings. The van der Waals surface area contributed by atoms with Gasteiger partial charge in [0.2, 0.25) is 0 Å². The van der Waals surface area contributed by atoms with Crippen LogP contribution in [0.1, 0.15) is 50.1 Å². The third-order valence-electron chi connectivity index (χ3n) is 7.99. The summed E-state index contributed by atoms with van der Waals surface area (Å²) in [5.41, 5.74) is 8.71. The normalized spacial score (nSPS) is 11.3. The van der Waals surface area contributed by atoms with Crippen LogP contribution in [0.5, 0.6) is 11.5 Å². The average Bonchev–Trinajstić information content (AvgIpc) is 3.58. The number of benzene rings is 4. The first-order chi connectivity index (χ1) is 21.5. The van der Waals surface area contributed by atoms with E-state index >= 15 is 0 Å². The van der Waals surface area contributed by atoms with E-state index in [1.54, 1.807) is 0 Å². The first kappa shape index (κ1) is 30.6. The summed E-state index contributed by atoms with van der Waals surface area (Å²) in [6.45, 7) is 8.70. The van der Waals surface area contributed by atoms with Gasteiger partial charge in [0.25, 0.3) is 0 Å². The molecule has 0 amide bonds. The minimum atomic E-state index is 0. The van der Waals surface area contributed by atoms with Crippen LogP contribution in [-0.2, 0) is 27.5 Å². The third-order valence-corrected chi connectivity index (χ3v) is 7.99. The van der Waals surface area contributed by atoms with Crippen LogP contribution < -0.4 is 4.74 Å². The zero-order valence-electron chi connectivity index (χ0n) is 25.8. The first-order valence-electron chi connectivity index (χ1n) is 15.3. The maximum Gasteiger partial charge on any atom is 2.00 e. The molecule has 5 nitrogen and oxygen atoms in total. The number of fused-ring (bicyclic) bond motifs is 3. The monoisotopic (exact) mass is 769 g/mol. The Balaban J connectivity index is 0.00000357. The fourth-order valence-electron chi connectivity index (χ4n) is 6.01. The van der Waals surface area contributed by atoms with Gasteiger partial charge in [0.05, 0.1) is 5.69 Å². The summed E-state index contributed by atoms with van der Waals surface area (Å²) in [4.78, 5) is 4.69. The van der Waals surface area contributed by atoms with Gasteiger partial charge in [0.1, 0.15) is 5.82 Å². The molecule has 0 atom stereocenters. The van der Waals surface area contributed by atoms with Crippen LogP contribution >= 0.6 is 0 Å². The molecule has 0 aliphatic carbocycles. The van der Waals surface area contributed by atoms with Crippen LogP contribution in [0.25, 0.3) is 44.4 Å². The number of hydrogen-bond donors (Lipinski definition) is 0. The van der Waals surface area contributed by atoms with Gasteiger partial charge < -0.3 is 9.30 Å². The fraction of sp³-hybridized carbons (Fsp3) is 0.179. The van der Waals surface area contributed by atoms with E-state index in [2.05, 4.69) is 116 Å². The van der Waals surface area contributed by atoms with Crippen molar-refractivity contribution in [2.24, 2.45) is 0 Å². The Morgan fingerprint density at radius 3 is 2.38 bits per heavy atom. The van der Waals surface area contributed by atoms with Gasteiger partial charge in [-0.1, -0.05) is 81.2 Å². The number of pyridine rings is 1. The molecule has 45 heavy (non-hydrogen) atoms. The quantitative estimate of drug-likeness (QED) is 0.145. The van der Waals surface area contributed by atoms with Crippen LogP contribution in [0.4, 0.5) is 0 Å². The second-order valence-electron chi connectivity index (χ2n) is 11.5. The summed E-state index contributed by atoms with van der Waals surface area (Å²) in [7, 11) is 0. The smallest absolute Gasteiger partial charge is 0.509 e. The van der Waals surface area contributed by atoms with E-state index in [0.29, 0.717) is 11.5 Å². The summed E-state index contributed by atoms with van der Waals surface area (Å²) in [5, 5.41) is 7.41. The van der Waals surface area contributed by atoms with Gasteiger partial charge in [-0.2, -0.15) is 17.2 Å². The van der Waals surface area contributed by atoms with Crippen molar-refractivity contribution in [3.63, 3.8) is 0 Å². The Hall–Kier alpha value is -4.47. The number of ether oxygens (including phenoxy) is 1. The fourth-order valence-corrected chi connectivity index (χ4v) is 6.01. The van der Waals surface area contributed by atoms with Crippen molar-refractivity contribution in [3.05, 3.63) is 132 Å². The Labute approximate surface area is 278 Å². The molecule has 0 N–H and O–H groups in total. The zero-order chi connectivity index (χ0) is 30.2. The van der Waals surface area contributed by atoms with Crippen molar-refractivity contribution in [2.75, 3.05) is 0 Å². The van der Waals surface area contributed by atoms with Crippen LogP contribution in [0.15, 0.2) is 103 Å². The molecule has 0 bridgehead atoms. The summed E-state index contributed by atoms with van der Waals surface area (Å²) in [6, 6.07) is 40.2. The minimum absolute atomic E-state index is 0. The third kappa shape index (κ3) is 5.73. The van der Waals surface area contributed by atoms with Gasteiger partial charge in [-0.15, -0.1) is 35.7 Å². The molecule has 3 heterocycles. The Morgan fingerprint density at radius 2 is 1.60 bits per heavy atom. The average molecular weight is 770 g/mol. The molecule has 7 aromatic rings. The van der Waals surface area contributed by atoms with Gasteiger partial charge in [0.15, 0.2) is 0 Å². The molecule has 0 aliphatic heterocycles. The Morgan fingerprint density at radius 1 is 0.822 bits per heavy atom.